The van der Waals surface area contributed by atoms with Gasteiger partial charge in [0.1, 0.15) is 0 Å². The highest BCUT2D eigenvalue weighted by Crippen LogP contribution is 2.18. The van der Waals surface area contributed by atoms with Gasteiger partial charge >= 0.3 is 0 Å². The number of nitrogens with one attached hydrogen (secondary N) is 1. The minimum absolute atomic E-state index is 0.00733. The number of aryl methyl sites for hydroxylation is 1. The average molecular weight is 281 g/mol. The topological polar surface area (TPSA) is 37.8 Å². The Labute approximate surface area is 102 Å². The van der Waals surface area contributed by atoms with Crippen LogP contribution in [0, 0.1) is 6.92 Å². The van der Waals surface area contributed by atoms with Gasteiger partial charge in [0.2, 0.25) is 0 Å². The van der Waals surface area contributed by atoms with Crippen LogP contribution >= 0.6 is 15.9 Å². The Balaban J connectivity index is 2.38. The molecule has 1 atom stereocenters. The van der Waals surface area contributed by atoms with Crippen molar-refractivity contribution in [2.24, 2.45) is 0 Å². The van der Waals surface area contributed by atoms with Crippen LogP contribution in [0.5, 0.6) is 0 Å². The number of aromatic amines is 1. The van der Waals surface area contributed by atoms with E-state index in [4.69, 9.17) is 0 Å². The zero-order valence-electron chi connectivity index (χ0n) is 9.20. The Morgan fingerprint density at radius 2 is 1.94 bits per heavy atom. The molecule has 0 saturated carbocycles. The lowest BCUT2D eigenvalue weighted by molar-refractivity contribution is 0.544. The van der Waals surface area contributed by atoms with Gasteiger partial charge < -0.3 is 0 Å². The predicted octanol–water partition coefficient (Wildman–Crippen LogP) is 2.86. The summed E-state index contributed by atoms with van der Waals surface area (Å²) in [6, 6.07) is 9.61. The van der Waals surface area contributed by atoms with Crippen LogP contribution in [0.1, 0.15) is 24.2 Å². The number of nitrogens with zero attached hydrogens (tertiary/aromatic N) is 1. The summed E-state index contributed by atoms with van der Waals surface area (Å²) in [7, 11) is 0. The van der Waals surface area contributed by atoms with E-state index in [9.17, 15) is 4.79 Å². The number of H-pyrrole nitrogens is 1. The monoisotopic (exact) mass is 280 g/mol. The van der Waals surface area contributed by atoms with Gasteiger partial charge in [-0.3, -0.25) is 9.89 Å². The smallest absolute Gasteiger partial charge is 0.267 e. The summed E-state index contributed by atoms with van der Waals surface area (Å²) in [5.41, 5.74) is 1.99. The molecular formula is C12H13BrN2O. The van der Waals surface area contributed by atoms with Gasteiger partial charge in [0.05, 0.1) is 6.04 Å². The molecule has 16 heavy (non-hydrogen) atoms. The lowest BCUT2D eigenvalue weighted by Crippen LogP contribution is -2.20. The molecule has 0 fully saturated rings. The third-order valence-corrected chi connectivity index (χ3v) is 3.14. The standard InChI is InChI=1S/C12H13BrN2O/c1-8-7-12(16)15(14-8)9(2)10-3-5-11(13)6-4-10/h3-7,9,14H,1-2H3. The summed E-state index contributed by atoms with van der Waals surface area (Å²) in [5.74, 6) is 0. The van der Waals surface area contributed by atoms with Crippen LogP contribution in [0.4, 0.5) is 0 Å². The molecule has 0 bridgehead atoms. The Morgan fingerprint density at radius 3 is 2.44 bits per heavy atom. The van der Waals surface area contributed by atoms with Gasteiger partial charge in [-0.15, -0.1) is 0 Å². The van der Waals surface area contributed by atoms with E-state index >= 15 is 0 Å². The second kappa shape index (κ2) is 4.29. The predicted molar refractivity (Wildman–Crippen MR) is 67.7 cm³/mol. The molecule has 0 aliphatic carbocycles. The maximum Gasteiger partial charge on any atom is 0.267 e. The van der Waals surface area contributed by atoms with Crippen molar-refractivity contribution < 1.29 is 0 Å². The molecule has 2 rings (SSSR count). The maximum atomic E-state index is 11.6. The van der Waals surface area contributed by atoms with Crippen molar-refractivity contribution in [3.63, 3.8) is 0 Å². The van der Waals surface area contributed by atoms with Crippen molar-refractivity contribution >= 4 is 15.9 Å². The van der Waals surface area contributed by atoms with Crippen molar-refractivity contribution in [3.8, 4) is 0 Å². The molecule has 0 aliphatic heterocycles. The summed E-state index contributed by atoms with van der Waals surface area (Å²) >= 11 is 3.39. The third kappa shape index (κ3) is 2.11. The van der Waals surface area contributed by atoms with Gasteiger partial charge in [-0.25, -0.2) is 4.68 Å². The number of benzene rings is 1. The van der Waals surface area contributed by atoms with Crippen molar-refractivity contribution in [2.75, 3.05) is 0 Å². The van der Waals surface area contributed by atoms with Crippen LogP contribution in [-0.4, -0.2) is 9.78 Å². The van der Waals surface area contributed by atoms with E-state index in [0.29, 0.717) is 0 Å². The Morgan fingerprint density at radius 1 is 1.31 bits per heavy atom. The van der Waals surface area contributed by atoms with E-state index in [0.717, 1.165) is 15.7 Å². The minimum Gasteiger partial charge on any atom is -0.299 e. The molecule has 0 amide bonds. The van der Waals surface area contributed by atoms with Gasteiger partial charge in [-0.2, -0.15) is 0 Å². The van der Waals surface area contributed by atoms with E-state index in [2.05, 4.69) is 21.0 Å². The quantitative estimate of drug-likeness (QED) is 0.903. The first-order valence-electron chi connectivity index (χ1n) is 5.11. The SMILES string of the molecule is Cc1cc(=O)n(C(C)c2ccc(Br)cc2)[nH]1. The average Bonchev–Trinajstić information content (AvgIpc) is 2.58. The maximum absolute atomic E-state index is 11.6. The summed E-state index contributed by atoms with van der Waals surface area (Å²) in [6.07, 6.45) is 0. The second-order valence-electron chi connectivity index (χ2n) is 3.87. The first kappa shape index (κ1) is 11.2. The highest BCUT2D eigenvalue weighted by atomic mass is 79.9. The molecule has 1 N–H and O–H groups in total. The molecule has 2 aromatic rings. The minimum atomic E-state index is 0.00733. The molecule has 0 aliphatic rings. The lowest BCUT2D eigenvalue weighted by atomic mass is 10.1. The van der Waals surface area contributed by atoms with Crippen molar-refractivity contribution in [1.82, 2.24) is 9.78 Å². The van der Waals surface area contributed by atoms with Crippen molar-refractivity contribution in [3.05, 3.63) is 56.4 Å². The molecule has 1 unspecified atom stereocenters. The molecular weight excluding hydrogens is 268 g/mol. The van der Waals surface area contributed by atoms with E-state index in [-0.39, 0.29) is 11.6 Å². The lowest BCUT2D eigenvalue weighted by Gasteiger charge is -2.12. The number of hydrogen-bond donors (Lipinski definition) is 1. The highest BCUT2D eigenvalue weighted by molar-refractivity contribution is 9.10. The van der Waals surface area contributed by atoms with Gasteiger partial charge in [-0.1, -0.05) is 28.1 Å². The summed E-state index contributed by atoms with van der Waals surface area (Å²) in [6.45, 7) is 3.88. The number of hydrogen-bond acceptors (Lipinski definition) is 1. The molecule has 3 nitrogen and oxygen atoms in total. The van der Waals surface area contributed by atoms with Crippen LogP contribution in [0.2, 0.25) is 0 Å². The van der Waals surface area contributed by atoms with Crippen LogP contribution in [0.3, 0.4) is 0 Å². The molecule has 1 heterocycles. The van der Waals surface area contributed by atoms with Crippen LogP contribution in [0.25, 0.3) is 0 Å². The van der Waals surface area contributed by atoms with Crippen LogP contribution in [-0.2, 0) is 0 Å². The molecule has 84 valence electrons. The van der Waals surface area contributed by atoms with Crippen LogP contribution < -0.4 is 5.56 Å². The largest absolute Gasteiger partial charge is 0.299 e. The number of rotatable bonds is 2. The summed E-state index contributed by atoms with van der Waals surface area (Å²) in [5, 5.41) is 3.05. The fourth-order valence-corrected chi connectivity index (χ4v) is 1.97. The fourth-order valence-electron chi connectivity index (χ4n) is 1.71. The number of halogens is 1. The first-order valence-corrected chi connectivity index (χ1v) is 5.91. The molecule has 4 heteroatoms. The third-order valence-electron chi connectivity index (χ3n) is 2.61. The molecule has 0 spiro atoms. The number of aromatic nitrogens is 2. The van der Waals surface area contributed by atoms with Gasteiger partial charge in [0.15, 0.2) is 0 Å². The Bertz CT molecular complexity index is 539. The van der Waals surface area contributed by atoms with Crippen LogP contribution in [0.15, 0.2) is 39.6 Å². The van der Waals surface area contributed by atoms with E-state index < -0.39 is 0 Å². The zero-order chi connectivity index (χ0) is 11.7. The molecule has 0 saturated heterocycles. The van der Waals surface area contributed by atoms with E-state index in [1.54, 1.807) is 10.7 Å². The molecule has 1 aromatic carbocycles. The zero-order valence-corrected chi connectivity index (χ0v) is 10.8. The Kier molecular flexibility index (Phi) is 3.01. The van der Waals surface area contributed by atoms with Crippen molar-refractivity contribution in [1.29, 1.82) is 0 Å². The summed E-state index contributed by atoms with van der Waals surface area (Å²) < 4.78 is 2.68. The van der Waals surface area contributed by atoms with E-state index in [1.807, 2.05) is 38.1 Å². The van der Waals surface area contributed by atoms with Gasteiger partial charge in [0, 0.05) is 16.2 Å². The Hall–Kier alpha value is -1.29. The summed E-state index contributed by atoms with van der Waals surface area (Å²) in [4.78, 5) is 11.6. The molecule has 1 aromatic heterocycles. The highest BCUT2D eigenvalue weighted by Gasteiger charge is 2.10. The first-order chi connectivity index (χ1) is 7.58. The van der Waals surface area contributed by atoms with E-state index in [1.165, 1.54) is 0 Å². The second-order valence-corrected chi connectivity index (χ2v) is 4.79. The van der Waals surface area contributed by atoms with Crippen molar-refractivity contribution in [2.45, 2.75) is 19.9 Å². The van der Waals surface area contributed by atoms with Gasteiger partial charge in [0.25, 0.3) is 5.56 Å². The van der Waals surface area contributed by atoms with Gasteiger partial charge in [-0.05, 0) is 31.5 Å². The molecule has 0 radical (unpaired) electrons. The fraction of sp³-hybridized carbons (Fsp3) is 0.250. The normalized spacial score (nSPS) is 12.7.